The average Bonchev–Trinajstić information content (AvgIpc) is 3.09. The second kappa shape index (κ2) is 9.56. The van der Waals surface area contributed by atoms with Crippen molar-refractivity contribution in [2.45, 2.75) is 60.0 Å². The van der Waals surface area contributed by atoms with Gasteiger partial charge < -0.3 is 19.8 Å². The molecule has 1 atom stereocenters. The number of nitrogens with zero attached hydrogens (tertiary/aromatic N) is 2. The SMILES string of the molecule is CCN1CCC(C(C)n2c(C)c(C(=O)NCc3c(C)cc(C)[nH]c3=O)c3ccccc32)CC1. The number of amides is 1. The number of nitrogens with one attached hydrogen (secondary N) is 2. The third-order valence-electron chi connectivity index (χ3n) is 7.47. The summed E-state index contributed by atoms with van der Waals surface area (Å²) in [5.41, 5.74) is 4.99. The molecule has 1 aliphatic heterocycles. The molecule has 0 spiro atoms. The van der Waals surface area contributed by atoms with E-state index in [1.54, 1.807) is 0 Å². The van der Waals surface area contributed by atoms with Crippen molar-refractivity contribution in [1.82, 2.24) is 19.8 Å². The number of carbonyl (C=O) groups excluding carboxylic acids is 1. The van der Waals surface area contributed by atoms with Gasteiger partial charge in [0.05, 0.1) is 5.56 Å². The lowest BCUT2D eigenvalue weighted by molar-refractivity contribution is 0.0951. The summed E-state index contributed by atoms with van der Waals surface area (Å²) >= 11 is 0. The van der Waals surface area contributed by atoms with Crippen molar-refractivity contribution >= 4 is 16.8 Å². The van der Waals surface area contributed by atoms with Crippen LogP contribution in [0.15, 0.2) is 35.1 Å². The Morgan fingerprint density at radius 2 is 1.88 bits per heavy atom. The van der Waals surface area contributed by atoms with Gasteiger partial charge in [0, 0.05) is 40.4 Å². The van der Waals surface area contributed by atoms with E-state index < -0.39 is 0 Å². The lowest BCUT2D eigenvalue weighted by atomic mass is 9.90. The summed E-state index contributed by atoms with van der Waals surface area (Å²) in [6.07, 6.45) is 2.36. The van der Waals surface area contributed by atoms with E-state index in [0.29, 0.717) is 23.1 Å². The predicted octanol–water partition coefficient (Wildman–Crippen LogP) is 4.48. The predicted molar refractivity (Wildman–Crippen MR) is 134 cm³/mol. The summed E-state index contributed by atoms with van der Waals surface area (Å²) in [6, 6.07) is 10.4. The van der Waals surface area contributed by atoms with Gasteiger partial charge in [-0.15, -0.1) is 0 Å². The molecule has 1 fully saturated rings. The number of hydrogen-bond acceptors (Lipinski definition) is 3. The van der Waals surface area contributed by atoms with Crippen LogP contribution in [0.4, 0.5) is 0 Å². The molecule has 0 aliphatic carbocycles. The minimum Gasteiger partial charge on any atom is -0.348 e. The molecule has 4 rings (SSSR count). The lowest BCUT2D eigenvalue weighted by Gasteiger charge is -2.35. The fraction of sp³-hybridized carbons (Fsp3) is 0.481. The Balaban J connectivity index is 1.63. The fourth-order valence-electron chi connectivity index (χ4n) is 5.52. The van der Waals surface area contributed by atoms with E-state index in [9.17, 15) is 9.59 Å². The minimum absolute atomic E-state index is 0.130. The number of rotatable bonds is 6. The third-order valence-corrected chi connectivity index (χ3v) is 7.47. The molecule has 6 heteroatoms. The van der Waals surface area contributed by atoms with Crippen LogP contribution < -0.4 is 10.9 Å². The number of piperidine rings is 1. The summed E-state index contributed by atoms with van der Waals surface area (Å²) in [6.45, 7) is 13.9. The van der Waals surface area contributed by atoms with Gasteiger partial charge in [0.15, 0.2) is 0 Å². The number of pyridine rings is 1. The second-order valence-corrected chi connectivity index (χ2v) is 9.49. The number of H-pyrrole nitrogens is 1. The molecule has 2 aromatic heterocycles. The maximum absolute atomic E-state index is 13.4. The molecule has 1 amide bonds. The molecule has 1 saturated heterocycles. The van der Waals surface area contributed by atoms with Crippen LogP contribution in [0.3, 0.4) is 0 Å². The summed E-state index contributed by atoms with van der Waals surface area (Å²) in [5.74, 6) is 0.460. The molecular weight excluding hydrogens is 412 g/mol. The molecule has 6 nitrogen and oxygen atoms in total. The molecule has 0 radical (unpaired) electrons. The van der Waals surface area contributed by atoms with Gasteiger partial charge in [-0.1, -0.05) is 25.1 Å². The van der Waals surface area contributed by atoms with Gasteiger partial charge in [-0.3, -0.25) is 9.59 Å². The van der Waals surface area contributed by atoms with Gasteiger partial charge in [-0.25, -0.2) is 0 Å². The van der Waals surface area contributed by atoms with Crippen LogP contribution in [0.2, 0.25) is 0 Å². The van der Waals surface area contributed by atoms with Crippen LogP contribution in [0.1, 0.15) is 65.6 Å². The lowest BCUT2D eigenvalue weighted by Crippen LogP contribution is -2.36. The van der Waals surface area contributed by atoms with Crippen LogP contribution in [0.25, 0.3) is 10.9 Å². The first-order valence-corrected chi connectivity index (χ1v) is 12.1. The van der Waals surface area contributed by atoms with Crippen molar-refractivity contribution in [2.75, 3.05) is 19.6 Å². The molecular formula is C27H36N4O2. The number of aryl methyl sites for hydroxylation is 2. The molecule has 0 saturated carbocycles. The Hall–Kier alpha value is -2.86. The molecule has 1 unspecified atom stereocenters. The summed E-state index contributed by atoms with van der Waals surface area (Å²) in [7, 11) is 0. The van der Waals surface area contributed by atoms with Gasteiger partial charge >= 0.3 is 0 Å². The van der Waals surface area contributed by atoms with E-state index in [2.05, 4.69) is 46.6 Å². The summed E-state index contributed by atoms with van der Waals surface area (Å²) in [5, 5.41) is 3.99. The number of carbonyl (C=O) groups is 1. The van der Waals surface area contributed by atoms with Crippen LogP contribution >= 0.6 is 0 Å². The fourth-order valence-corrected chi connectivity index (χ4v) is 5.52. The van der Waals surface area contributed by atoms with Crippen LogP contribution in [0.5, 0.6) is 0 Å². The monoisotopic (exact) mass is 448 g/mol. The minimum atomic E-state index is -0.140. The smallest absolute Gasteiger partial charge is 0.254 e. The van der Waals surface area contributed by atoms with E-state index in [1.807, 2.05) is 38.1 Å². The third kappa shape index (κ3) is 4.49. The average molecular weight is 449 g/mol. The maximum Gasteiger partial charge on any atom is 0.254 e. The number of benzene rings is 1. The molecule has 1 aromatic carbocycles. The van der Waals surface area contributed by atoms with Gasteiger partial charge in [0.1, 0.15) is 0 Å². The first-order valence-electron chi connectivity index (χ1n) is 12.1. The number of fused-ring (bicyclic) bond motifs is 1. The number of hydrogen-bond donors (Lipinski definition) is 2. The number of likely N-dealkylation sites (tertiary alicyclic amines) is 1. The van der Waals surface area contributed by atoms with Gasteiger partial charge in [0.2, 0.25) is 0 Å². The highest BCUT2D eigenvalue weighted by Crippen LogP contribution is 2.35. The molecule has 3 heterocycles. The van der Waals surface area contributed by atoms with E-state index in [-0.39, 0.29) is 18.0 Å². The van der Waals surface area contributed by atoms with Crippen molar-refractivity contribution in [3.05, 3.63) is 68.8 Å². The first-order chi connectivity index (χ1) is 15.8. The zero-order valence-corrected chi connectivity index (χ0v) is 20.5. The Labute approximate surface area is 196 Å². The van der Waals surface area contributed by atoms with Crippen LogP contribution in [-0.2, 0) is 6.54 Å². The molecule has 1 aliphatic rings. The van der Waals surface area contributed by atoms with Crippen molar-refractivity contribution in [2.24, 2.45) is 5.92 Å². The van der Waals surface area contributed by atoms with Crippen molar-refractivity contribution in [3.63, 3.8) is 0 Å². The Morgan fingerprint density at radius 3 is 2.55 bits per heavy atom. The van der Waals surface area contributed by atoms with Gasteiger partial charge in [-0.2, -0.15) is 0 Å². The van der Waals surface area contributed by atoms with E-state index in [1.165, 1.54) is 12.8 Å². The normalized spacial score (nSPS) is 16.3. The quantitative estimate of drug-likeness (QED) is 0.584. The molecule has 176 valence electrons. The van der Waals surface area contributed by atoms with Crippen LogP contribution in [0, 0.1) is 26.7 Å². The van der Waals surface area contributed by atoms with E-state index >= 15 is 0 Å². The molecule has 2 N–H and O–H groups in total. The van der Waals surface area contributed by atoms with Gasteiger partial charge in [0.25, 0.3) is 11.5 Å². The van der Waals surface area contributed by atoms with Crippen LogP contribution in [-0.4, -0.2) is 40.0 Å². The summed E-state index contributed by atoms with van der Waals surface area (Å²) in [4.78, 5) is 31.1. The zero-order chi connectivity index (χ0) is 23.7. The van der Waals surface area contributed by atoms with Crippen molar-refractivity contribution < 1.29 is 4.79 Å². The number of aromatic nitrogens is 2. The highest BCUT2D eigenvalue weighted by molar-refractivity contribution is 6.08. The molecule has 33 heavy (non-hydrogen) atoms. The number of para-hydroxylation sites is 1. The Bertz CT molecular complexity index is 1210. The largest absolute Gasteiger partial charge is 0.348 e. The summed E-state index contributed by atoms with van der Waals surface area (Å²) < 4.78 is 2.36. The Kier molecular flexibility index (Phi) is 6.75. The van der Waals surface area contributed by atoms with E-state index in [4.69, 9.17) is 0 Å². The zero-order valence-electron chi connectivity index (χ0n) is 20.5. The highest BCUT2D eigenvalue weighted by atomic mass is 16.2. The molecule has 0 bridgehead atoms. The molecule has 3 aromatic rings. The van der Waals surface area contributed by atoms with Gasteiger partial charge in [-0.05, 0) is 83.8 Å². The maximum atomic E-state index is 13.4. The van der Waals surface area contributed by atoms with Crippen molar-refractivity contribution in [3.8, 4) is 0 Å². The standard InChI is InChI=1S/C27H36N4O2/c1-6-30-13-11-21(12-14-30)19(4)31-20(5)25(22-9-7-8-10-24(22)31)27(33)28-16-23-17(2)15-18(3)29-26(23)32/h7-10,15,19,21H,6,11-14,16H2,1-5H3,(H,28,33)(H,29,32). The number of aromatic amines is 1. The Morgan fingerprint density at radius 1 is 1.18 bits per heavy atom. The van der Waals surface area contributed by atoms with Crippen molar-refractivity contribution in [1.29, 1.82) is 0 Å². The highest BCUT2D eigenvalue weighted by Gasteiger charge is 2.28. The topological polar surface area (TPSA) is 70.1 Å². The van der Waals surface area contributed by atoms with E-state index in [0.717, 1.165) is 47.5 Å². The first kappa shape index (κ1) is 23.3. The second-order valence-electron chi connectivity index (χ2n) is 9.49.